The van der Waals surface area contributed by atoms with Gasteiger partial charge in [0.15, 0.2) is 0 Å². The van der Waals surface area contributed by atoms with Crippen molar-refractivity contribution in [1.29, 1.82) is 0 Å². The molecular formula is C15H11ClF2N2. The summed E-state index contributed by atoms with van der Waals surface area (Å²) in [4.78, 5) is 4.29. The first-order chi connectivity index (χ1) is 9.69. The molecule has 0 aliphatic carbocycles. The Balaban J connectivity index is 2.12. The van der Waals surface area contributed by atoms with Crippen molar-refractivity contribution in [2.75, 3.05) is 0 Å². The zero-order valence-electron chi connectivity index (χ0n) is 10.5. The molecule has 0 aliphatic heterocycles. The molecular weight excluding hydrogens is 282 g/mol. The molecule has 0 amide bonds. The highest BCUT2D eigenvalue weighted by molar-refractivity contribution is 6.16. The van der Waals surface area contributed by atoms with E-state index in [9.17, 15) is 8.78 Å². The van der Waals surface area contributed by atoms with Crippen LogP contribution in [-0.2, 0) is 12.4 Å². The van der Waals surface area contributed by atoms with E-state index in [4.69, 9.17) is 11.6 Å². The molecule has 3 rings (SSSR count). The number of halogens is 3. The van der Waals surface area contributed by atoms with Crippen molar-refractivity contribution in [3.63, 3.8) is 0 Å². The number of imidazole rings is 1. The Labute approximate surface area is 119 Å². The van der Waals surface area contributed by atoms with Crippen LogP contribution < -0.4 is 0 Å². The maximum Gasteiger partial charge on any atom is 0.128 e. The Morgan fingerprint density at radius 3 is 2.65 bits per heavy atom. The second-order valence-electron chi connectivity index (χ2n) is 4.47. The number of hydrogen-bond donors (Lipinski definition) is 0. The molecule has 0 unspecified atom stereocenters. The molecule has 0 saturated carbocycles. The SMILES string of the molecule is Fc1ccc2c(c1)nc(CCl)n2Cc1ccccc1F. The second-order valence-corrected chi connectivity index (χ2v) is 4.74. The fourth-order valence-electron chi connectivity index (χ4n) is 2.23. The number of hydrogen-bond acceptors (Lipinski definition) is 1. The minimum atomic E-state index is -0.353. The minimum absolute atomic E-state index is 0.185. The zero-order valence-corrected chi connectivity index (χ0v) is 11.2. The summed E-state index contributed by atoms with van der Waals surface area (Å²) in [5, 5.41) is 0. The van der Waals surface area contributed by atoms with Crippen molar-refractivity contribution >= 4 is 22.6 Å². The quantitative estimate of drug-likeness (QED) is 0.665. The summed E-state index contributed by atoms with van der Waals surface area (Å²) in [6.07, 6.45) is 0. The van der Waals surface area contributed by atoms with E-state index in [1.54, 1.807) is 28.8 Å². The summed E-state index contributed by atoms with van der Waals surface area (Å²) in [7, 11) is 0. The van der Waals surface area contributed by atoms with E-state index >= 15 is 0 Å². The van der Waals surface area contributed by atoms with E-state index in [0.717, 1.165) is 5.52 Å². The molecule has 0 N–H and O–H groups in total. The van der Waals surface area contributed by atoms with E-state index < -0.39 is 0 Å². The predicted molar refractivity (Wildman–Crippen MR) is 74.8 cm³/mol. The van der Waals surface area contributed by atoms with Gasteiger partial charge in [-0.1, -0.05) is 18.2 Å². The van der Waals surface area contributed by atoms with Gasteiger partial charge in [-0.15, -0.1) is 11.6 Å². The van der Waals surface area contributed by atoms with Gasteiger partial charge >= 0.3 is 0 Å². The van der Waals surface area contributed by atoms with Crippen LogP contribution in [0.25, 0.3) is 11.0 Å². The van der Waals surface area contributed by atoms with Crippen molar-refractivity contribution in [2.45, 2.75) is 12.4 Å². The molecule has 102 valence electrons. The number of nitrogens with zero attached hydrogens (tertiary/aromatic N) is 2. The van der Waals surface area contributed by atoms with Gasteiger partial charge in [0.2, 0.25) is 0 Å². The highest BCUT2D eigenvalue weighted by Crippen LogP contribution is 2.21. The van der Waals surface area contributed by atoms with Gasteiger partial charge in [-0.3, -0.25) is 0 Å². The van der Waals surface area contributed by atoms with Crippen molar-refractivity contribution in [2.24, 2.45) is 0 Å². The Morgan fingerprint density at radius 1 is 1.10 bits per heavy atom. The standard InChI is InChI=1S/C15H11ClF2N2/c16-8-15-19-13-7-11(17)5-6-14(13)20(15)9-10-3-1-2-4-12(10)18/h1-7H,8-9H2. The zero-order chi connectivity index (χ0) is 14.1. The summed E-state index contributed by atoms with van der Waals surface area (Å²) in [5.41, 5.74) is 1.81. The minimum Gasteiger partial charge on any atom is -0.322 e. The van der Waals surface area contributed by atoms with Crippen LogP contribution in [0.15, 0.2) is 42.5 Å². The number of alkyl halides is 1. The van der Waals surface area contributed by atoms with Gasteiger partial charge in [0.1, 0.15) is 17.5 Å². The van der Waals surface area contributed by atoms with Crippen LogP contribution in [0.2, 0.25) is 0 Å². The van der Waals surface area contributed by atoms with Gasteiger partial charge in [-0.05, 0) is 18.2 Å². The molecule has 3 aromatic rings. The smallest absolute Gasteiger partial charge is 0.128 e. The van der Waals surface area contributed by atoms with E-state index in [1.165, 1.54) is 18.2 Å². The third-order valence-corrected chi connectivity index (χ3v) is 3.43. The molecule has 0 bridgehead atoms. The number of rotatable bonds is 3. The molecule has 0 saturated heterocycles. The second kappa shape index (κ2) is 5.21. The fraction of sp³-hybridized carbons (Fsp3) is 0.133. The average Bonchev–Trinajstić information content (AvgIpc) is 2.78. The molecule has 0 spiro atoms. The summed E-state index contributed by atoms with van der Waals surface area (Å²) in [5.74, 6) is 0.145. The lowest BCUT2D eigenvalue weighted by Crippen LogP contribution is -2.05. The molecule has 1 heterocycles. The number of fused-ring (bicyclic) bond motifs is 1. The normalized spacial score (nSPS) is 11.2. The van der Waals surface area contributed by atoms with Crippen molar-refractivity contribution in [3.05, 3.63) is 65.5 Å². The van der Waals surface area contributed by atoms with Gasteiger partial charge < -0.3 is 4.57 Å². The summed E-state index contributed by atoms with van der Waals surface area (Å²) >= 11 is 5.88. The number of benzene rings is 2. The van der Waals surface area contributed by atoms with Gasteiger partial charge in [-0.25, -0.2) is 13.8 Å². The first-order valence-electron chi connectivity index (χ1n) is 6.13. The van der Waals surface area contributed by atoms with Crippen LogP contribution in [0.1, 0.15) is 11.4 Å². The van der Waals surface area contributed by atoms with Crippen LogP contribution in [0, 0.1) is 11.6 Å². The lowest BCUT2D eigenvalue weighted by molar-refractivity contribution is 0.599. The van der Waals surface area contributed by atoms with Crippen LogP contribution in [-0.4, -0.2) is 9.55 Å². The van der Waals surface area contributed by atoms with Crippen LogP contribution in [0.5, 0.6) is 0 Å². The molecule has 0 fully saturated rings. The van der Waals surface area contributed by atoms with E-state index in [1.807, 2.05) is 0 Å². The monoisotopic (exact) mass is 292 g/mol. The lowest BCUT2D eigenvalue weighted by Gasteiger charge is -2.08. The fourth-order valence-corrected chi connectivity index (χ4v) is 2.43. The first-order valence-corrected chi connectivity index (χ1v) is 6.66. The molecule has 0 radical (unpaired) electrons. The van der Waals surface area contributed by atoms with Crippen molar-refractivity contribution in [3.8, 4) is 0 Å². The van der Waals surface area contributed by atoms with Gasteiger partial charge in [0.25, 0.3) is 0 Å². The van der Waals surface area contributed by atoms with Crippen LogP contribution in [0.4, 0.5) is 8.78 Å². The summed E-state index contributed by atoms with van der Waals surface area (Å²) < 4.78 is 28.8. The maximum absolute atomic E-state index is 13.8. The van der Waals surface area contributed by atoms with Crippen molar-refractivity contribution < 1.29 is 8.78 Å². The lowest BCUT2D eigenvalue weighted by atomic mass is 10.2. The Kier molecular flexibility index (Phi) is 3.40. The highest BCUT2D eigenvalue weighted by Gasteiger charge is 2.12. The summed E-state index contributed by atoms with van der Waals surface area (Å²) in [6, 6.07) is 10.9. The number of aromatic nitrogens is 2. The third-order valence-electron chi connectivity index (χ3n) is 3.20. The molecule has 20 heavy (non-hydrogen) atoms. The topological polar surface area (TPSA) is 17.8 Å². The van der Waals surface area contributed by atoms with Gasteiger partial charge in [0, 0.05) is 11.6 Å². The highest BCUT2D eigenvalue weighted by atomic mass is 35.5. The van der Waals surface area contributed by atoms with Crippen LogP contribution in [0.3, 0.4) is 0 Å². The van der Waals surface area contributed by atoms with Crippen molar-refractivity contribution in [1.82, 2.24) is 9.55 Å². The maximum atomic E-state index is 13.8. The Bertz CT molecular complexity index is 768. The third kappa shape index (κ3) is 2.27. The molecule has 2 nitrogen and oxygen atoms in total. The van der Waals surface area contributed by atoms with Crippen LogP contribution >= 0.6 is 11.6 Å². The first kappa shape index (κ1) is 13.1. The van der Waals surface area contributed by atoms with E-state index in [2.05, 4.69) is 4.98 Å². The Hall–Kier alpha value is -1.94. The van der Waals surface area contributed by atoms with E-state index in [0.29, 0.717) is 23.4 Å². The van der Waals surface area contributed by atoms with Gasteiger partial charge in [0.05, 0.1) is 23.5 Å². The molecule has 2 aromatic carbocycles. The largest absolute Gasteiger partial charge is 0.322 e. The predicted octanol–water partition coefficient (Wildman–Crippen LogP) is 4.10. The van der Waals surface area contributed by atoms with E-state index in [-0.39, 0.29) is 17.5 Å². The van der Waals surface area contributed by atoms with Gasteiger partial charge in [-0.2, -0.15) is 0 Å². The molecule has 0 atom stereocenters. The molecule has 1 aromatic heterocycles. The summed E-state index contributed by atoms with van der Waals surface area (Å²) in [6.45, 7) is 0.316. The Morgan fingerprint density at radius 2 is 1.90 bits per heavy atom. The molecule has 5 heteroatoms. The molecule has 0 aliphatic rings. The average molecular weight is 293 g/mol.